The highest BCUT2D eigenvalue weighted by atomic mass is 15.3. The molecule has 0 saturated carbocycles. The van der Waals surface area contributed by atoms with Crippen molar-refractivity contribution in [2.45, 2.75) is 53.1 Å². The fraction of sp³-hybridized carbons (Fsp3) is 0.471. The fourth-order valence-corrected chi connectivity index (χ4v) is 2.55. The summed E-state index contributed by atoms with van der Waals surface area (Å²) in [5.41, 5.74) is 12.5. The molecule has 1 aromatic carbocycles. The molecule has 0 radical (unpaired) electrons. The van der Waals surface area contributed by atoms with Gasteiger partial charge in [0.25, 0.3) is 0 Å². The Bertz CT molecular complexity index is 581. The molecule has 2 unspecified atom stereocenters. The van der Waals surface area contributed by atoms with Crippen LogP contribution in [0.25, 0.3) is 0 Å². The Morgan fingerprint density at radius 1 is 1.15 bits per heavy atom. The van der Waals surface area contributed by atoms with Crippen LogP contribution in [0.15, 0.2) is 24.3 Å². The average Bonchev–Trinajstić information content (AvgIpc) is 2.73. The number of nitrogens with zero attached hydrogens (tertiary/aromatic N) is 2. The molecule has 108 valence electrons. The first-order chi connectivity index (χ1) is 9.45. The molecule has 3 heteroatoms. The first kappa shape index (κ1) is 14.8. The van der Waals surface area contributed by atoms with E-state index in [-0.39, 0.29) is 12.1 Å². The Morgan fingerprint density at radius 2 is 1.75 bits per heavy atom. The Labute approximate surface area is 121 Å². The van der Waals surface area contributed by atoms with Crippen LogP contribution >= 0.6 is 0 Å². The molecule has 2 aromatic rings. The molecule has 0 bridgehead atoms. The normalized spacial score (nSPS) is 14.3. The predicted molar refractivity (Wildman–Crippen MR) is 83.9 cm³/mol. The molecule has 3 nitrogen and oxygen atoms in total. The van der Waals surface area contributed by atoms with Gasteiger partial charge in [0.15, 0.2) is 0 Å². The number of hydrogen-bond acceptors (Lipinski definition) is 2. The van der Waals surface area contributed by atoms with Crippen LogP contribution in [0.1, 0.15) is 54.0 Å². The van der Waals surface area contributed by atoms with Gasteiger partial charge >= 0.3 is 0 Å². The zero-order valence-corrected chi connectivity index (χ0v) is 13.1. The Morgan fingerprint density at radius 3 is 2.20 bits per heavy atom. The SMILES string of the molecule is CCc1ccc(C(N)C(C)n2nc(C)c(C)c2C)cc1. The summed E-state index contributed by atoms with van der Waals surface area (Å²) in [6, 6.07) is 8.70. The first-order valence-electron chi connectivity index (χ1n) is 7.32. The monoisotopic (exact) mass is 271 g/mol. The summed E-state index contributed by atoms with van der Waals surface area (Å²) in [6.45, 7) is 10.6. The third kappa shape index (κ3) is 2.63. The third-order valence-electron chi connectivity index (χ3n) is 4.37. The molecule has 0 aliphatic carbocycles. The second-order valence-electron chi connectivity index (χ2n) is 5.60. The van der Waals surface area contributed by atoms with Crippen LogP contribution in [0, 0.1) is 20.8 Å². The van der Waals surface area contributed by atoms with Crippen LogP contribution in [-0.4, -0.2) is 9.78 Å². The lowest BCUT2D eigenvalue weighted by molar-refractivity contribution is 0.405. The molecule has 0 amide bonds. The topological polar surface area (TPSA) is 43.8 Å². The maximum atomic E-state index is 6.43. The zero-order valence-electron chi connectivity index (χ0n) is 13.1. The molecule has 0 saturated heterocycles. The van der Waals surface area contributed by atoms with Gasteiger partial charge in [-0.2, -0.15) is 5.10 Å². The summed E-state index contributed by atoms with van der Waals surface area (Å²) >= 11 is 0. The second-order valence-corrected chi connectivity index (χ2v) is 5.60. The number of hydrogen-bond donors (Lipinski definition) is 1. The molecule has 0 fully saturated rings. The minimum Gasteiger partial charge on any atom is -0.322 e. The summed E-state index contributed by atoms with van der Waals surface area (Å²) in [6.07, 6.45) is 1.06. The van der Waals surface area contributed by atoms with Crippen LogP contribution in [0.3, 0.4) is 0 Å². The van der Waals surface area contributed by atoms with E-state index >= 15 is 0 Å². The summed E-state index contributed by atoms with van der Waals surface area (Å²) in [5.74, 6) is 0. The predicted octanol–water partition coefficient (Wildman–Crippen LogP) is 3.63. The van der Waals surface area contributed by atoms with Crippen molar-refractivity contribution in [1.29, 1.82) is 0 Å². The lowest BCUT2D eigenvalue weighted by atomic mass is 9.99. The molecule has 1 heterocycles. The van der Waals surface area contributed by atoms with Gasteiger partial charge in [0.1, 0.15) is 0 Å². The Kier molecular flexibility index (Phi) is 4.29. The number of benzene rings is 1. The van der Waals surface area contributed by atoms with Gasteiger partial charge in [0.05, 0.1) is 17.8 Å². The molecule has 0 aliphatic rings. The van der Waals surface area contributed by atoms with E-state index in [2.05, 4.69) is 61.7 Å². The van der Waals surface area contributed by atoms with Crippen molar-refractivity contribution in [2.24, 2.45) is 5.73 Å². The van der Waals surface area contributed by atoms with Crippen molar-refractivity contribution in [3.8, 4) is 0 Å². The summed E-state index contributed by atoms with van der Waals surface area (Å²) in [7, 11) is 0. The lowest BCUT2D eigenvalue weighted by Crippen LogP contribution is -2.24. The van der Waals surface area contributed by atoms with Crippen LogP contribution in [0.2, 0.25) is 0 Å². The number of aromatic nitrogens is 2. The maximum Gasteiger partial charge on any atom is 0.0686 e. The van der Waals surface area contributed by atoms with E-state index in [4.69, 9.17) is 5.73 Å². The highest BCUT2D eigenvalue weighted by molar-refractivity contribution is 5.27. The van der Waals surface area contributed by atoms with E-state index < -0.39 is 0 Å². The van der Waals surface area contributed by atoms with Gasteiger partial charge < -0.3 is 5.73 Å². The number of aryl methyl sites for hydroxylation is 2. The van der Waals surface area contributed by atoms with Crippen molar-refractivity contribution < 1.29 is 0 Å². The van der Waals surface area contributed by atoms with Crippen molar-refractivity contribution in [3.05, 3.63) is 52.3 Å². The van der Waals surface area contributed by atoms with E-state index in [1.165, 1.54) is 22.4 Å². The first-order valence-corrected chi connectivity index (χ1v) is 7.32. The molecule has 2 N–H and O–H groups in total. The van der Waals surface area contributed by atoms with Gasteiger partial charge in [-0.25, -0.2) is 0 Å². The highest BCUT2D eigenvalue weighted by Crippen LogP contribution is 2.26. The minimum absolute atomic E-state index is 0.0432. The molecule has 0 spiro atoms. The Balaban J connectivity index is 2.27. The van der Waals surface area contributed by atoms with Crippen LogP contribution in [0.5, 0.6) is 0 Å². The zero-order chi connectivity index (χ0) is 14.9. The smallest absolute Gasteiger partial charge is 0.0686 e. The molecule has 0 aliphatic heterocycles. The fourth-order valence-electron chi connectivity index (χ4n) is 2.55. The summed E-state index contributed by atoms with van der Waals surface area (Å²) in [4.78, 5) is 0. The van der Waals surface area contributed by atoms with Crippen LogP contribution in [0.4, 0.5) is 0 Å². The van der Waals surface area contributed by atoms with Crippen molar-refractivity contribution >= 4 is 0 Å². The van der Waals surface area contributed by atoms with Gasteiger partial charge in [-0.3, -0.25) is 4.68 Å². The van der Waals surface area contributed by atoms with Gasteiger partial charge in [-0.1, -0.05) is 31.2 Å². The van der Waals surface area contributed by atoms with E-state index in [1.54, 1.807) is 0 Å². The van der Waals surface area contributed by atoms with Gasteiger partial charge in [0.2, 0.25) is 0 Å². The van der Waals surface area contributed by atoms with E-state index in [0.717, 1.165) is 12.1 Å². The standard InChI is InChI=1S/C17H25N3/c1-6-15-7-9-16(10-8-15)17(18)14(5)20-13(4)11(2)12(3)19-20/h7-10,14,17H,6,18H2,1-5H3. The van der Waals surface area contributed by atoms with Crippen molar-refractivity contribution in [2.75, 3.05) is 0 Å². The molecule has 1 aromatic heterocycles. The van der Waals surface area contributed by atoms with Gasteiger partial charge in [-0.05, 0) is 50.8 Å². The molecule has 2 rings (SSSR count). The van der Waals surface area contributed by atoms with Crippen molar-refractivity contribution in [3.63, 3.8) is 0 Å². The molecule has 20 heavy (non-hydrogen) atoms. The van der Waals surface area contributed by atoms with Crippen molar-refractivity contribution in [1.82, 2.24) is 9.78 Å². The largest absolute Gasteiger partial charge is 0.322 e. The van der Waals surface area contributed by atoms with Crippen LogP contribution < -0.4 is 5.73 Å². The second kappa shape index (κ2) is 5.80. The summed E-state index contributed by atoms with van der Waals surface area (Å²) in [5, 5.41) is 4.63. The van der Waals surface area contributed by atoms with Crippen LogP contribution in [-0.2, 0) is 6.42 Å². The van der Waals surface area contributed by atoms with E-state index in [9.17, 15) is 0 Å². The molecular weight excluding hydrogens is 246 g/mol. The number of nitrogens with two attached hydrogens (primary N) is 1. The molecular formula is C17H25N3. The van der Waals surface area contributed by atoms with Gasteiger partial charge in [-0.15, -0.1) is 0 Å². The van der Waals surface area contributed by atoms with E-state index in [0.29, 0.717) is 0 Å². The van der Waals surface area contributed by atoms with E-state index in [1.807, 2.05) is 6.92 Å². The lowest BCUT2D eigenvalue weighted by Gasteiger charge is -2.22. The molecule has 2 atom stereocenters. The third-order valence-corrected chi connectivity index (χ3v) is 4.37. The Hall–Kier alpha value is -1.61. The highest BCUT2D eigenvalue weighted by Gasteiger charge is 2.20. The maximum absolute atomic E-state index is 6.43. The van der Waals surface area contributed by atoms with Gasteiger partial charge in [0, 0.05) is 5.69 Å². The number of rotatable bonds is 4. The average molecular weight is 271 g/mol. The summed E-state index contributed by atoms with van der Waals surface area (Å²) < 4.78 is 2.06. The minimum atomic E-state index is -0.0432. The quantitative estimate of drug-likeness (QED) is 0.922.